The SMILES string of the molecule is CCCOC(CC(O)(O)O)(OCCC)OCCC. The van der Waals surface area contributed by atoms with Crippen molar-refractivity contribution in [2.24, 2.45) is 0 Å². The Hall–Kier alpha value is -0.240. The minimum atomic E-state index is -2.89. The summed E-state index contributed by atoms with van der Waals surface area (Å²) >= 11 is 0. The number of aliphatic hydroxyl groups is 3. The van der Waals surface area contributed by atoms with Crippen LogP contribution in [0.25, 0.3) is 0 Å². The fourth-order valence-corrected chi connectivity index (χ4v) is 1.34. The summed E-state index contributed by atoms with van der Waals surface area (Å²) in [7, 11) is 0. The van der Waals surface area contributed by atoms with Gasteiger partial charge in [-0.1, -0.05) is 20.8 Å². The summed E-state index contributed by atoms with van der Waals surface area (Å²) < 4.78 is 16.3. The van der Waals surface area contributed by atoms with E-state index in [1.165, 1.54) is 0 Å². The fourth-order valence-electron chi connectivity index (χ4n) is 1.34. The Labute approximate surface area is 108 Å². The molecule has 0 bridgehead atoms. The van der Waals surface area contributed by atoms with Gasteiger partial charge in [0.1, 0.15) is 6.42 Å². The van der Waals surface area contributed by atoms with E-state index in [1.54, 1.807) is 0 Å². The van der Waals surface area contributed by atoms with Crippen LogP contribution in [0.15, 0.2) is 0 Å². The van der Waals surface area contributed by atoms with Crippen LogP contribution in [0.4, 0.5) is 0 Å². The molecule has 3 N–H and O–H groups in total. The van der Waals surface area contributed by atoms with Crippen LogP contribution in [0.5, 0.6) is 0 Å². The van der Waals surface area contributed by atoms with Crippen LogP contribution in [0.1, 0.15) is 46.5 Å². The molecule has 0 aromatic carbocycles. The van der Waals surface area contributed by atoms with E-state index in [0.29, 0.717) is 19.8 Å². The van der Waals surface area contributed by atoms with Crippen molar-refractivity contribution in [3.8, 4) is 0 Å². The monoisotopic (exact) mass is 266 g/mol. The zero-order valence-electron chi connectivity index (χ0n) is 11.5. The summed E-state index contributed by atoms with van der Waals surface area (Å²) in [6.07, 6.45) is 1.59. The molecule has 0 aromatic heterocycles. The summed E-state index contributed by atoms with van der Waals surface area (Å²) in [5.74, 6) is -4.50. The molecule has 0 saturated carbocycles. The summed E-state index contributed by atoms with van der Waals surface area (Å²) in [6.45, 7) is 6.74. The molecule has 110 valence electrons. The lowest BCUT2D eigenvalue weighted by Crippen LogP contribution is -2.48. The van der Waals surface area contributed by atoms with Gasteiger partial charge in [0.15, 0.2) is 0 Å². The van der Waals surface area contributed by atoms with Gasteiger partial charge >= 0.3 is 0 Å². The van der Waals surface area contributed by atoms with Gasteiger partial charge in [-0.25, -0.2) is 0 Å². The van der Waals surface area contributed by atoms with Gasteiger partial charge in [0.2, 0.25) is 0 Å². The molecule has 0 aliphatic carbocycles. The van der Waals surface area contributed by atoms with E-state index in [2.05, 4.69) is 0 Å². The van der Waals surface area contributed by atoms with Gasteiger partial charge in [-0.3, -0.25) is 0 Å². The molecule has 6 heteroatoms. The average molecular weight is 266 g/mol. The minimum absolute atomic E-state index is 0.337. The molecule has 6 nitrogen and oxygen atoms in total. The summed E-state index contributed by atoms with van der Waals surface area (Å²) in [5.41, 5.74) is 0. The maximum Gasteiger partial charge on any atom is 0.290 e. The third-order valence-corrected chi connectivity index (χ3v) is 2.03. The van der Waals surface area contributed by atoms with Crippen molar-refractivity contribution in [3.05, 3.63) is 0 Å². The second-order valence-electron chi connectivity index (χ2n) is 4.18. The van der Waals surface area contributed by atoms with E-state index in [9.17, 15) is 0 Å². The molecule has 0 radical (unpaired) electrons. The van der Waals surface area contributed by atoms with E-state index >= 15 is 0 Å². The van der Waals surface area contributed by atoms with E-state index in [4.69, 9.17) is 29.5 Å². The smallest absolute Gasteiger partial charge is 0.290 e. The molecular formula is C12H26O6. The van der Waals surface area contributed by atoms with Crippen LogP contribution in [-0.4, -0.2) is 47.1 Å². The van der Waals surface area contributed by atoms with Crippen molar-refractivity contribution >= 4 is 0 Å². The first-order valence-corrected chi connectivity index (χ1v) is 6.48. The summed E-state index contributed by atoms with van der Waals surface area (Å²) in [6, 6.07) is 0. The molecule has 0 atom stereocenters. The van der Waals surface area contributed by atoms with Crippen LogP contribution in [0.3, 0.4) is 0 Å². The lowest BCUT2D eigenvalue weighted by Gasteiger charge is -2.35. The summed E-state index contributed by atoms with van der Waals surface area (Å²) in [5, 5.41) is 27.4. The van der Waals surface area contributed by atoms with Crippen molar-refractivity contribution in [2.75, 3.05) is 19.8 Å². The van der Waals surface area contributed by atoms with Crippen molar-refractivity contribution < 1.29 is 29.5 Å². The molecule has 0 unspecified atom stereocenters. The standard InChI is InChI=1S/C12H26O6/c1-4-7-16-12(17-8-5-2,18-9-6-3)10-11(13,14)15/h13-15H,4-10H2,1-3H3. The first-order chi connectivity index (χ1) is 8.39. The second-order valence-corrected chi connectivity index (χ2v) is 4.18. The number of ether oxygens (including phenoxy) is 3. The Morgan fingerprint density at radius 3 is 1.28 bits per heavy atom. The Morgan fingerprint density at radius 2 is 1.06 bits per heavy atom. The first kappa shape index (κ1) is 17.8. The number of rotatable bonds is 11. The van der Waals surface area contributed by atoms with Crippen LogP contribution in [-0.2, 0) is 14.2 Å². The normalized spacial score (nSPS) is 13.0. The summed E-state index contributed by atoms with van der Waals surface area (Å²) in [4.78, 5) is 0. The number of hydrogen-bond donors (Lipinski definition) is 3. The lowest BCUT2D eigenvalue weighted by molar-refractivity contribution is -0.435. The molecule has 18 heavy (non-hydrogen) atoms. The van der Waals surface area contributed by atoms with Crippen LogP contribution < -0.4 is 0 Å². The number of hydrogen-bond acceptors (Lipinski definition) is 6. The fraction of sp³-hybridized carbons (Fsp3) is 1.00. The van der Waals surface area contributed by atoms with Gasteiger partial charge in [-0.2, -0.15) is 0 Å². The topological polar surface area (TPSA) is 88.4 Å². The van der Waals surface area contributed by atoms with Gasteiger partial charge in [0.05, 0.1) is 19.8 Å². The maximum absolute atomic E-state index is 9.12. The molecule has 0 saturated heterocycles. The Bertz CT molecular complexity index is 179. The zero-order chi connectivity index (χ0) is 14.1. The van der Waals surface area contributed by atoms with E-state index in [1.807, 2.05) is 20.8 Å². The van der Waals surface area contributed by atoms with Crippen LogP contribution in [0, 0.1) is 0 Å². The average Bonchev–Trinajstić information content (AvgIpc) is 2.29. The maximum atomic E-state index is 9.12. The van der Waals surface area contributed by atoms with Gasteiger partial charge < -0.3 is 29.5 Å². The van der Waals surface area contributed by atoms with Crippen molar-refractivity contribution in [2.45, 2.75) is 58.4 Å². The molecule has 0 aromatic rings. The van der Waals surface area contributed by atoms with E-state index < -0.39 is 18.4 Å². The first-order valence-electron chi connectivity index (χ1n) is 6.48. The minimum Gasteiger partial charge on any atom is -0.343 e. The Kier molecular flexibility index (Phi) is 8.67. The molecule has 0 amide bonds. The van der Waals surface area contributed by atoms with Gasteiger partial charge in [-0.15, -0.1) is 0 Å². The molecule has 0 fully saturated rings. The zero-order valence-corrected chi connectivity index (χ0v) is 11.5. The van der Waals surface area contributed by atoms with Gasteiger partial charge in [0.25, 0.3) is 11.9 Å². The lowest BCUT2D eigenvalue weighted by atomic mass is 10.3. The highest BCUT2D eigenvalue weighted by Crippen LogP contribution is 2.26. The van der Waals surface area contributed by atoms with Crippen molar-refractivity contribution in [3.63, 3.8) is 0 Å². The predicted octanol–water partition coefficient (Wildman–Crippen LogP) is 0.941. The third-order valence-electron chi connectivity index (χ3n) is 2.03. The molecule has 0 aliphatic heterocycles. The molecule has 0 spiro atoms. The third kappa shape index (κ3) is 7.97. The van der Waals surface area contributed by atoms with Gasteiger partial charge in [0, 0.05) is 0 Å². The molecule has 0 rings (SSSR count). The molecular weight excluding hydrogens is 240 g/mol. The predicted molar refractivity (Wildman–Crippen MR) is 65.5 cm³/mol. The Balaban J connectivity index is 4.73. The van der Waals surface area contributed by atoms with Crippen LogP contribution in [0.2, 0.25) is 0 Å². The van der Waals surface area contributed by atoms with Gasteiger partial charge in [-0.05, 0) is 19.3 Å². The molecule has 0 aliphatic rings. The van der Waals surface area contributed by atoms with Crippen LogP contribution >= 0.6 is 0 Å². The molecule has 0 heterocycles. The highest BCUT2D eigenvalue weighted by atomic mass is 16.9. The van der Waals surface area contributed by atoms with Crippen molar-refractivity contribution in [1.82, 2.24) is 0 Å². The second kappa shape index (κ2) is 8.79. The van der Waals surface area contributed by atoms with Crippen molar-refractivity contribution in [1.29, 1.82) is 0 Å². The van der Waals surface area contributed by atoms with E-state index in [-0.39, 0.29) is 0 Å². The Morgan fingerprint density at radius 1 is 0.722 bits per heavy atom. The largest absolute Gasteiger partial charge is 0.343 e. The quantitative estimate of drug-likeness (QED) is 0.482. The van der Waals surface area contributed by atoms with E-state index in [0.717, 1.165) is 19.3 Å². The highest BCUT2D eigenvalue weighted by Gasteiger charge is 2.42. The highest BCUT2D eigenvalue weighted by molar-refractivity contribution is 4.64.